The van der Waals surface area contributed by atoms with E-state index in [-0.39, 0.29) is 22.7 Å². The highest BCUT2D eigenvalue weighted by molar-refractivity contribution is 5.92. The topological polar surface area (TPSA) is 54.0 Å². The fourth-order valence-electron chi connectivity index (χ4n) is 2.88. The van der Waals surface area contributed by atoms with Gasteiger partial charge in [-0.25, -0.2) is 8.78 Å². The van der Waals surface area contributed by atoms with Gasteiger partial charge in [-0.1, -0.05) is 26.0 Å². The van der Waals surface area contributed by atoms with E-state index in [2.05, 4.69) is 15.6 Å². The van der Waals surface area contributed by atoms with E-state index in [1.54, 1.807) is 6.07 Å². The van der Waals surface area contributed by atoms with Gasteiger partial charge in [0.1, 0.15) is 17.2 Å². The van der Waals surface area contributed by atoms with E-state index in [1.165, 1.54) is 6.20 Å². The molecule has 1 aromatic heterocycles. The molecule has 0 unspecified atom stereocenters. The van der Waals surface area contributed by atoms with E-state index >= 15 is 0 Å². The van der Waals surface area contributed by atoms with Crippen LogP contribution in [0.25, 0.3) is 10.9 Å². The minimum atomic E-state index is -0.565. The van der Waals surface area contributed by atoms with Crippen molar-refractivity contribution in [2.45, 2.75) is 26.8 Å². The van der Waals surface area contributed by atoms with Gasteiger partial charge in [0.2, 0.25) is 5.91 Å². The third-order valence-electron chi connectivity index (χ3n) is 4.08. The van der Waals surface area contributed by atoms with E-state index in [1.807, 2.05) is 38.1 Å². The lowest BCUT2D eigenvalue weighted by Gasteiger charge is -2.12. The molecule has 0 saturated carbocycles. The monoisotopic (exact) mass is 369 g/mol. The molecular weight excluding hydrogens is 348 g/mol. The zero-order chi connectivity index (χ0) is 19.4. The molecule has 0 aliphatic carbocycles. The largest absolute Gasteiger partial charge is 0.380 e. The molecule has 0 aliphatic rings. The van der Waals surface area contributed by atoms with Gasteiger partial charge in [0.15, 0.2) is 0 Å². The summed E-state index contributed by atoms with van der Waals surface area (Å²) in [5, 5.41) is 6.12. The smallest absolute Gasteiger partial charge is 0.224 e. The van der Waals surface area contributed by atoms with Crippen LogP contribution in [0, 0.1) is 17.6 Å². The number of aromatic nitrogens is 1. The summed E-state index contributed by atoms with van der Waals surface area (Å²) in [7, 11) is 0. The zero-order valence-electron chi connectivity index (χ0n) is 15.2. The molecule has 6 heteroatoms. The van der Waals surface area contributed by atoms with Gasteiger partial charge in [-0.3, -0.25) is 9.78 Å². The predicted octanol–water partition coefficient (Wildman–Crippen LogP) is 5.11. The third-order valence-corrected chi connectivity index (χ3v) is 4.08. The number of nitrogens with zero attached hydrogens (tertiary/aromatic N) is 1. The van der Waals surface area contributed by atoms with E-state index < -0.39 is 11.6 Å². The molecule has 0 spiro atoms. The summed E-state index contributed by atoms with van der Waals surface area (Å²) in [6.45, 7) is 4.37. The van der Waals surface area contributed by atoms with Crippen molar-refractivity contribution in [2.24, 2.45) is 5.92 Å². The number of carbonyl (C=O) groups excluding carboxylic acids is 1. The Bertz CT molecular complexity index is 973. The summed E-state index contributed by atoms with van der Waals surface area (Å²) < 4.78 is 28.0. The molecule has 0 radical (unpaired) electrons. The van der Waals surface area contributed by atoms with Gasteiger partial charge < -0.3 is 10.6 Å². The number of pyridine rings is 1. The Hall–Kier alpha value is -3.02. The van der Waals surface area contributed by atoms with Gasteiger partial charge in [0, 0.05) is 30.5 Å². The molecule has 2 aromatic carbocycles. The van der Waals surface area contributed by atoms with Crippen LogP contribution in [0.2, 0.25) is 0 Å². The van der Waals surface area contributed by atoms with Crippen molar-refractivity contribution in [3.05, 3.63) is 65.9 Å². The first-order chi connectivity index (χ1) is 12.9. The number of hydrogen-bond acceptors (Lipinski definition) is 3. The molecular formula is C21H21F2N3O. The van der Waals surface area contributed by atoms with Crippen LogP contribution in [0.3, 0.4) is 0 Å². The van der Waals surface area contributed by atoms with E-state index in [0.717, 1.165) is 17.7 Å². The van der Waals surface area contributed by atoms with Crippen molar-refractivity contribution in [1.29, 1.82) is 0 Å². The van der Waals surface area contributed by atoms with Crippen molar-refractivity contribution in [3.63, 3.8) is 0 Å². The first kappa shape index (κ1) is 18.8. The first-order valence-electron chi connectivity index (χ1n) is 8.79. The van der Waals surface area contributed by atoms with Crippen LogP contribution in [0.15, 0.2) is 48.7 Å². The van der Waals surface area contributed by atoms with E-state index in [9.17, 15) is 13.6 Å². The number of anilines is 2. The molecule has 1 heterocycles. The highest BCUT2D eigenvalue weighted by Crippen LogP contribution is 2.27. The molecule has 2 N–H and O–H groups in total. The fraction of sp³-hybridized carbons (Fsp3) is 0.238. The highest BCUT2D eigenvalue weighted by atomic mass is 19.1. The fourth-order valence-corrected chi connectivity index (χ4v) is 2.88. The molecule has 27 heavy (non-hydrogen) atoms. The van der Waals surface area contributed by atoms with Crippen molar-refractivity contribution >= 4 is 28.2 Å². The summed E-state index contributed by atoms with van der Waals surface area (Å²) >= 11 is 0. The second-order valence-electron chi connectivity index (χ2n) is 6.81. The average Bonchev–Trinajstić information content (AvgIpc) is 2.62. The zero-order valence-corrected chi connectivity index (χ0v) is 15.2. The lowest BCUT2D eigenvalue weighted by Crippen LogP contribution is -2.14. The van der Waals surface area contributed by atoms with Crippen molar-refractivity contribution in [2.75, 3.05) is 10.6 Å². The predicted molar refractivity (Wildman–Crippen MR) is 104 cm³/mol. The minimum Gasteiger partial charge on any atom is -0.380 e. The number of benzene rings is 2. The average molecular weight is 369 g/mol. The molecule has 0 fully saturated rings. The number of hydrogen-bond donors (Lipinski definition) is 2. The number of rotatable bonds is 6. The first-order valence-corrected chi connectivity index (χ1v) is 8.79. The second kappa shape index (κ2) is 8.12. The maximum absolute atomic E-state index is 14.2. The summed E-state index contributed by atoms with van der Waals surface area (Å²) in [4.78, 5) is 15.8. The number of fused-ring (bicyclic) bond motifs is 1. The number of carbonyl (C=O) groups is 1. The normalized spacial score (nSPS) is 11.0. The van der Waals surface area contributed by atoms with Gasteiger partial charge in [-0.15, -0.1) is 0 Å². The number of amides is 1. The SMILES string of the molecule is CC(C)CC(=O)Nc1cccc(CNc2ccnc3c(F)ccc(F)c23)c1. The van der Waals surface area contributed by atoms with Crippen molar-refractivity contribution in [3.8, 4) is 0 Å². The maximum atomic E-state index is 14.2. The number of halogens is 2. The molecule has 0 atom stereocenters. The van der Waals surface area contributed by atoms with Gasteiger partial charge in [-0.05, 0) is 41.8 Å². The molecule has 3 rings (SSSR count). The number of nitrogens with one attached hydrogen (secondary N) is 2. The summed E-state index contributed by atoms with van der Waals surface area (Å²) in [6, 6.07) is 11.2. The molecule has 1 amide bonds. The van der Waals surface area contributed by atoms with E-state index in [4.69, 9.17) is 0 Å². The molecule has 3 aromatic rings. The second-order valence-corrected chi connectivity index (χ2v) is 6.81. The molecule has 0 bridgehead atoms. The van der Waals surface area contributed by atoms with Gasteiger partial charge in [0.05, 0.1) is 5.39 Å². The van der Waals surface area contributed by atoms with Crippen LogP contribution in [0.4, 0.5) is 20.2 Å². The highest BCUT2D eigenvalue weighted by Gasteiger charge is 2.11. The Morgan fingerprint density at radius 2 is 1.89 bits per heavy atom. The van der Waals surface area contributed by atoms with Crippen LogP contribution < -0.4 is 10.6 Å². The van der Waals surface area contributed by atoms with Crippen LogP contribution in [-0.2, 0) is 11.3 Å². The summed E-state index contributed by atoms with van der Waals surface area (Å²) in [6.07, 6.45) is 1.89. The molecule has 0 aliphatic heterocycles. The van der Waals surface area contributed by atoms with Crippen LogP contribution in [0.1, 0.15) is 25.8 Å². The Morgan fingerprint density at radius 1 is 1.11 bits per heavy atom. The van der Waals surface area contributed by atoms with E-state index in [0.29, 0.717) is 24.3 Å². The Labute approximate surface area is 156 Å². The maximum Gasteiger partial charge on any atom is 0.224 e. The lowest BCUT2D eigenvalue weighted by atomic mass is 10.1. The lowest BCUT2D eigenvalue weighted by molar-refractivity contribution is -0.116. The Balaban J connectivity index is 1.76. The van der Waals surface area contributed by atoms with Gasteiger partial charge in [0.25, 0.3) is 0 Å². The van der Waals surface area contributed by atoms with Gasteiger partial charge in [-0.2, -0.15) is 0 Å². The third kappa shape index (κ3) is 4.58. The van der Waals surface area contributed by atoms with Crippen LogP contribution >= 0.6 is 0 Å². The quantitative estimate of drug-likeness (QED) is 0.635. The minimum absolute atomic E-state index is 0.00491. The summed E-state index contributed by atoms with van der Waals surface area (Å²) in [5.41, 5.74) is 2.07. The standard InChI is InChI=1S/C21H21F2N3O/c1-13(2)10-19(27)26-15-5-3-4-14(11-15)12-25-18-8-9-24-21-17(23)7-6-16(22)20(18)21/h3-9,11,13H,10,12H2,1-2H3,(H,24,25)(H,26,27). The Kier molecular flexibility index (Phi) is 5.64. The molecule has 0 saturated heterocycles. The van der Waals surface area contributed by atoms with Gasteiger partial charge >= 0.3 is 0 Å². The van der Waals surface area contributed by atoms with Crippen molar-refractivity contribution < 1.29 is 13.6 Å². The van der Waals surface area contributed by atoms with Crippen LogP contribution in [0.5, 0.6) is 0 Å². The summed E-state index contributed by atoms with van der Waals surface area (Å²) in [5.74, 6) is -0.848. The Morgan fingerprint density at radius 3 is 2.67 bits per heavy atom. The van der Waals surface area contributed by atoms with Crippen LogP contribution in [-0.4, -0.2) is 10.9 Å². The van der Waals surface area contributed by atoms with Crippen molar-refractivity contribution in [1.82, 2.24) is 4.98 Å². The molecule has 4 nitrogen and oxygen atoms in total. The molecule has 140 valence electrons.